The van der Waals surface area contributed by atoms with Gasteiger partial charge in [-0.2, -0.15) is 0 Å². The van der Waals surface area contributed by atoms with Crippen molar-refractivity contribution in [1.29, 1.82) is 0 Å². The van der Waals surface area contributed by atoms with Gasteiger partial charge in [-0.15, -0.1) is 0 Å². The van der Waals surface area contributed by atoms with E-state index < -0.39 is 0 Å². The fraction of sp³-hybridized carbons (Fsp3) is 0.714. The summed E-state index contributed by atoms with van der Waals surface area (Å²) >= 11 is 0. The van der Waals surface area contributed by atoms with E-state index in [1.165, 1.54) is 24.8 Å². The Morgan fingerprint density at radius 3 is 2.82 bits per heavy atom. The van der Waals surface area contributed by atoms with Gasteiger partial charge in [-0.25, -0.2) is 0 Å². The fourth-order valence-corrected chi connectivity index (χ4v) is 1.87. The van der Waals surface area contributed by atoms with Crippen molar-refractivity contribution >= 4 is 0 Å². The normalized spacial score (nSPS) is 16.5. The van der Waals surface area contributed by atoms with E-state index >= 15 is 0 Å². The molecule has 17 heavy (non-hydrogen) atoms. The van der Waals surface area contributed by atoms with Crippen molar-refractivity contribution in [2.24, 2.45) is 0 Å². The minimum Gasteiger partial charge on any atom is -0.465 e. The van der Waals surface area contributed by atoms with Crippen LogP contribution in [0, 0.1) is 6.92 Å². The van der Waals surface area contributed by atoms with Gasteiger partial charge in [-0.1, -0.05) is 13.8 Å². The SMILES string of the molecule is Cc1oc(CNC(C)C)cc1COC1CCC1. The first-order valence-corrected chi connectivity index (χ1v) is 6.58. The molecule has 0 unspecified atom stereocenters. The molecule has 0 saturated heterocycles. The second-order valence-corrected chi connectivity index (χ2v) is 5.19. The summed E-state index contributed by atoms with van der Waals surface area (Å²) in [6.45, 7) is 7.77. The maximum absolute atomic E-state index is 5.80. The molecule has 0 spiro atoms. The molecule has 1 aliphatic rings. The number of hydrogen-bond acceptors (Lipinski definition) is 3. The zero-order valence-electron chi connectivity index (χ0n) is 11.1. The Bertz CT molecular complexity index is 353. The van der Waals surface area contributed by atoms with E-state index in [4.69, 9.17) is 9.15 Å². The van der Waals surface area contributed by atoms with Crippen molar-refractivity contribution in [2.45, 2.75) is 65.3 Å². The fourth-order valence-electron chi connectivity index (χ4n) is 1.87. The van der Waals surface area contributed by atoms with Crippen molar-refractivity contribution < 1.29 is 9.15 Å². The van der Waals surface area contributed by atoms with E-state index in [1.54, 1.807) is 0 Å². The van der Waals surface area contributed by atoms with Gasteiger partial charge in [0.05, 0.1) is 19.3 Å². The van der Waals surface area contributed by atoms with Crippen LogP contribution < -0.4 is 5.32 Å². The Hall–Kier alpha value is -0.800. The van der Waals surface area contributed by atoms with Crippen LogP contribution in [0.25, 0.3) is 0 Å². The molecule has 1 saturated carbocycles. The predicted octanol–water partition coefficient (Wildman–Crippen LogP) is 3.16. The lowest BCUT2D eigenvalue weighted by atomic mass is 9.96. The number of nitrogens with one attached hydrogen (secondary N) is 1. The van der Waals surface area contributed by atoms with Crippen molar-refractivity contribution in [3.05, 3.63) is 23.2 Å². The van der Waals surface area contributed by atoms with Crippen LogP contribution >= 0.6 is 0 Å². The molecule has 1 heterocycles. The molecule has 1 N–H and O–H groups in total. The molecule has 3 heteroatoms. The third-order valence-corrected chi connectivity index (χ3v) is 3.28. The summed E-state index contributed by atoms with van der Waals surface area (Å²) in [6.07, 6.45) is 4.25. The van der Waals surface area contributed by atoms with Crippen molar-refractivity contribution in [3.8, 4) is 0 Å². The van der Waals surface area contributed by atoms with Crippen LogP contribution in [0.4, 0.5) is 0 Å². The largest absolute Gasteiger partial charge is 0.465 e. The van der Waals surface area contributed by atoms with Crippen LogP contribution in [-0.4, -0.2) is 12.1 Å². The molecule has 96 valence electrons. The minimum absolute atomic E-state index is 0.482. The quantitative estimate of drug-likeness (QED) is 0.825. The average molecular weight is 237 g/mol. The van der Waals surface area contributed by atoms with E-state index in [-0.39, 0.29) is 0 Å². The molecular weight excluding hydrogens is 214 g/mol. The maximum atomic E-state index is 5.80. The second-order valence-electron chi connectivity index (χ2n) is 5.19. The highest BCUT2D eigenvalue weighted by molar-refractivity contribution is 5.20. The summed E-state index contributed by atoms with van der Waals surface area (Å²) in [7, 11) is 0. The zero-order chi connectivity index (χ0) is 12.3. The van der Waals surface area contributed by atoms with E-state index in [9.17, 15) is 0 Å². The molecule has 1 aromatic rings. The van der Waals surface area contributed by atoms with Gasteiger partial charge in [0.2, 0.25) is 0 Å². The minimum atomic E-state index is 0.482. The van der Waals surface area contributed by atoms with Gasteiger partial charge in [0.1, 0.15) is 11.5 Å². The lowest BCUT2D eigenvalue weighted by Gasteiger charge is -2.25. The Morgan fingerprint density at radius 2 is 2.24 bits per heavy atom. The van der Waals surface area contributed by atoms with E-state index in [1.807, 2.05) is 6.92 Å². The van der Waals surface area contributed by atoms with E-state index in [0.29, 0.717) is 18.8 Å². The van der Waals surface area contributed by atoms with Crippen LogP contribution in [0.1, 0.15) is 50.2 Å². The highest BCUT2D eigenvalue weighted by atomic mass is 16.5. The summed E-state index contributed by atoms with van der Waals surface area (Å²) in [5.41, 5.74) is 1.19. The summed E-state index contributed by atoms with van der Waals surface area (Å²) in [5.74, 6) is 1.99. The van der Waals surface area contributed by atoms with Crippen molar-refractivity contribution in [1.82, 2.24) is 5.32 Å². The van der Waals surface area contributed by atoms with Gasteiger partial charge in [0.25, 0.3) is 0 Å². The van der Waals surface area contributed by atoms with Gasteiger partial charge >= 0.3 is 0 Å². The van der Waals surface area contributed by atoms with Gasteiger partial charge < -0.3 is 14.5 Å². The number of aryl methyl sites for hydroxylation is 1. The molecule has 3 nitrogen and oxygen atoms in total. The average Bonchev–Trinajstić information content (AvgIpc) is 2.54. The van der Waals surface area contributed by atoms with Gasteiger partial charge in [-0.3, -0.25) is 0 Å². The molecule has 1 aromatic heterocycles. The molecule has 0 amide bonds. The first kappa shape index (κ1) is 12.7. The third-order valence-electron chi connectivity index (χ3n) is 3.28. The van der Waals surface area contributed by atoms with Crippen LogP contribution in [0.2, 0.25) is 0 Å². The highest BCUT2D eigenvalue weighted by Crippen LogP contribution is 2.24. The molecule has 0 aromatic carbocycles. The molecule has 0 radical (unpaired) electrons. The molecule has 0 bridgehead atoms. The van der Waals surface area contributed by atoms with Crippen molar-refractivity contribution in [3.63, 3.8) is 0 Å². The lowest BCUT2D eigenvalue weighted by Crippen LogP contribution is -2.21. The smallest absolute Gasteiger partial charge is 0.118 e. The number of ether oxygens (including phenoxy) is 1. The summed E-state index contributed by atoms with van der Waals surface area (Å²) < 4.78 is 11.5. The summed E-state index contributed by atoms with van der Waals surface area (Å²) in [4.78, 5) is 0. The lowest BCUT2D eigenvalue weighted by molar-refractivity contribution is -0.00908. The van der Waals surface area contributed by atoms with Crippen LogP contribution in [0.5, 0.6) is 0 Å². The Labute approximate surface area is 104 Å². The zero-order valence-corrected chi connectivity index (χ0v) is 11.1. The molecule has 1 fully saturated rings. The first-order valence-electron chi connectivity index (χ1n) is 6.58. The molecule has 1 aliphatic carbocycles. The first-order chi connectivity index (χ1) is 8.15. The standard InChI is InChI=1S/C14H23NO2/c1-10(2)15-8-14-7-12(11(3)17-14)9-16-13-5-4-6-13/h7,10,13,15H,4-6,8-9H2,1-3H3. The number of furan rings is 1. The summed E-state index contributed by atoms with van der Waals surface area (Å²) in [6, 6.07) is 2.60. The third kappa shape index (κ3) is 3.58. The van der Waals surface area contributed by atoms with E-state index in [2.05, 4.69) is 25.2 Å². The van der Waals surface area contributed by atoms with Crippen LogP contribution in [0.3, 0.4) is 0 Å². The van der Waals surface area contributed by atoms with Crippen LogP contribution in [-0.2, 0) is 17.9 Å². The molecule has 0 aliphatic heterocycles. The second kappa shape index (κ2) is 5.69. The predicted molar refractivity (Wildman–Crippen MR) is 67.8 cm³/mol. The maximum Gasteiger partial charge on any atom is 0.118 e. The van der Waals surface area contributed by atoms with Gasteiger partial charge in [-0.05, 0) is 32.3 Å². The topological polar surface area (TPSA) is 34.4 Å². The van der Waals surface area contributed by atoms with Crippen LogP contribution in [0.15, 0.2) is 10.5 Å². The summed E-state index contributed by atoms with van der Waals surface area (Å²) in [5, 5.41) is 3.35. The van der Waals surface area contributed by atoms with E-state index in [0.717, 1.165) is 18.1 Å². The molecular formula is C14H23NO2. The number of rotatable bonds is 6. The monoisotopic (exact) mass is 237 g/mol. The molecule has 0 atom stereocenters. The Balaban J connectivity index is 1.83. The Morgan fingerprint density at radius 1 is 1.47 bits per heavy atom. The Kier molecular flexibility index (Phi) is 4.24. The number of hydrogen-bond donors (Lipinski definition) is 1. The van der Waals surface area contributed by atoms with Gasteiger partial charge in [0.15, 0.2) is 0 Å². The van der Waals surface area contributed by atoms with Crippen molar-refractivity contribution in [2.75, 3.05) is 0 Å². The van der Waals surface area contributed by atoms with Gasteiger partial charge in [0, 0.05) is 11.6 Å². The highest BCUT2D eigenvalue weighted by Gasteiger charge is 2.18. The molecule has 2 rings (SSSR count).